The molecule has 0 fully saturated rings. The van der Waals surface area contributed by atoms with Crippen LogP contribution in [0.2, 0.25) is 0 Å². The first-order valence-electron chi connectivity index (χ1n) is 5.14. The van der Waals surface area contributed by atoms with Gasteiger partial charge in [-0.25, -0.2) is 14.8 Å². The maximum atomic E-state index is 11.5. The molecule has 2 heterocycles. The normalized spacial score (nSPS) is 11.5. The summed E-state index contributed by atoms with van der Waals surface area (Å²) in [6.07, 6.45) is 0.988. The summed E-state index contributed by atoms with van der Waals surface area (Å²) >= 11 is 1.48. The second-order valence-corrected chi connectivity index (χ2v) is 5.39. The quantitative estimate of drug-likeness (QED) is 0.846. The van der Waals surface area contributed by atoms with Crippen molar-refractivity contribution in [3.63, 3.8) is 0 Å². The Hall–Kier alpha value is -1.69. The molecule has 0 spiro atoms. The zero-order chi connectivity index (χ0) is 12.5. The van der Waals surface area contributed by atoms with Crippen LogP contribution in [0, 0.1) is 0 Å². The average Bonchev–Trinajstić information content (AvgIpc) is 2.61. The number of anilines is 1. The molecule has 0 saturated carbocycles. The van der Waals surface area contributed by atoms with E-state index in [1.165, 1.54) is 17.5 Å². The molecule has 0 aliphatic heterocycles. The van der Waals surface area contributed by atoms with Crippen LogP contribution in [0.1, 0.15) is 20.8 Å². The van der Waals surface area contributed by atoms with Crippen LogP contribution >= 0.6 is 11.3 Å². The number of nitrogens with one attached hydrogen (secondary N) is 1. The second kappa shape index (κ2) is 4.29. The van der Waals surface area contributed by atoms with Gasteiger partial charge in [0.25, 0.3) is 0 Å². The van der Waals surface area contributed by atoms with E-state index >= 15 is 0 Å². The Labute approximate surface area is 103 Å². The summed E-state index contributed by atoms with van der Waals surface area (Å²) in [6, 6.07) is 1.88. The highest BCUT2D eigenvalue weighted by molar-refractivity contribution is 7.16. The van der Waals surface area contributed by atoms with Gasteiger partial charge < -0.3 is 4.74 Å². The molecule has 0 saturated heterocycles. The van der Waals surface area contributed by atoms with Crippen molar-refractivity contribution in [2.24, 2.45) is 0 Å². The van der Waals surface area contributed by atoms with Gasteiger partial charge in [0.1, 0.15) is 10.4 Å². The summed E-state index contributed by atoms with van der Waals surface area (Å²) in [5, 5.41) is 4.46. The topological polar surface area (TPSA) is 64.1 Å². The Morgan fingerprint density at radius 1 is 1.47 bits per heavy atom. The number of ether oxygens (including phenoxy) is 1. The van der Waals surface area contributed by atoms with E-state index in [-0.39, 0.29) is 0 Å². The van der Waals surface area contributed by atoms with Gasteiger partial charge in [0.15, 0.2) is 5.82 Å². The molecule has 0 bridgehead atoms. The minimum atomic E-state index is -0.525. The molecule has 5 nitrogen and oxygen atoms in total. The molecule has 0 unspecified atom stereocenters. The number of carbonyl (C=O) groups is 1. The molecular formula is C11H13N3O2S. The summed E-state index contributed by atoms with van der Waals surface area (Å²) < 4.78 is 5.12. The number of thiophene rings is 1. The van der Waals surface area contributed by atoms with Crippen LogP contribution in [0.5, 0.6) is 0 Å². The second-order valence-electron chi connectivity index (χ2n) is 4.49. The summed E-state index contributed by atoms with van der Waals surface area (Å²) in [5.74, 6) is 0.397. The van der Waals surface area contributed by atoms with Crippen molar-refractivity contribution in [3.8, 4) is 0 Å². The monoisotopic (exact) mass is 251 g/mol. The fourth-order valence-corrected chi connectivity index (χ4v) is 1.93. The van der Waals surface area contributed by atoms with E-state index in [2.05, 4.69) is 15.3 Å². The van der Waals surface area contributed by atoms with E-state index in [1.807, 2.05) is 11.4 Å². The Kier molecular flexibility index (Phi) is 2.97. The first-order valence-corrected chi connectivity index (χ1v) is 6.02. The molecule has 90 valence electrons. The molecule has 0 radical (unpaired) electrons. The molecule has 1 amide bonds. The Balaban J connectivity index is 2.10. The van der Waals surface area contributed by atoms with Crippen molar-refractivity contribution in [1.82, 2.24) is 9.97 Å². The van der Waals surface area contributed by atoms with Crippen molar-refractivity contribution in [2.45, 2.75) is 26.4 Å². The Bertz CT molecular complexity index is 545. The highest BCUT2D eigenvalue weighted by Crippen LogP contribution is 2.18. The fourth-order valence-electron chi connectivity index (χ4n) is 1.21. The zero-order valence-corrected chi connectivity index (χ0v) is 10.7. The fraction of sp³-hybridized carbons (Fsp3) is 0.364. The lowest BCUT2D eigenvalue weighted by Crippen LogP contribution is -2.27. The molecule has 2 rings (SSSR count). The molecule has 2 aromatic heterocycles. The van der Waals surface area contributed by atoms with Gasteiger partial charge in [-0.2, -0.15) is 0 Å². The summed E-state index contributed by atoms with van der Waals surface area (Å²) in [4.78, 5) is 20.7. The maximum Gasteiger partial charge on any atom is 0.413 e. The SMILES string of the molecule is CC(C)(C)OC(=O)Nc1cnc2ccsc2n1. The van der Waals surface area contributed by atoms with Crippen molar-refractivity contribution in [3.05, 3.63) is 17.6 Å². The third-order valence-corrected chi connectivity index (χ3v) is 2.60. The predicted molar refractivity (Wildman–Crippen MR) is 67.3 cm³/mol. The molecule has 2 aromatic rings. The van der Waals surface area contributed by atoms with Crippen molar-refractivity contribution in [1.29, 1.82) is 0 Å². The van der Waals surface area contributed by atoms with Crippen LogP contribution in [-0.2, 0) is 4.74 Å². The van der Waals surface area contributed by atoms with E-state index in [4.69, 9.17) is 4.74 Å². The van der Waals surface area contributed by atoms with E-state index in [9.17, 15) is 4.79 Å². The number of fused-ring (bicyclic) bond motifs is 1. The Morgan fingerprint density at radius 3 is 2.94 bits per heavy atom. The van der Waals surface area contributed by atoms with E-state index in [0.717, 1.165) is 10.3 Å². The highest BCUT2D eigenvalue weighted by atomic mass is 32.1. The lowest BCUT2D eigenvalue weighted by molar-refractivity contribution is 0.0635. The number of nitrogens with zero attached hydrogens (tertiary/aromatic N) is 2. The number of amides is 1. The van der Waals surface area contributed by atoms with Crippen LogP contribution in [0.4, 0.5) is 10.6 Å². The standard InChI is InChI=1S/C11H13N3O2S/c1-11(2,3)16-10(15)14-8-6-12-7-4-5-17-9(7)13-8/h4-6H,1-3H3,(H,13,14,15). The Morgan fingerprint density at radius 2 is 2.24 bits per heavy atom. The summed E-state index contributed by atoms with van der Waals surface area (Å²) in [6.45, 7) is 5.42. The van der Waals surface area contributed by atoms with Gasteiger partial charge in [0.2, 0.25) is 0 Å². The molecule has 6 heteroatoms. The van der Waals surface area contributed by atoms with E-state index in [0.29, 0.717) is 5.82 Å². The molecule has 1 N–H and O–H groups in total. The first-order chi connectivity index (χ1) is 7.94. The van der Waals surface area contributed by atoms with Crippen molar-refractivity contribution < 1.29 is 9.53 Å². The predicted octanol–water partition coefficient (Wildman–Crippen LogP) is 3.04. The van der Waals surface area contributed by atoms with Gasteiger partial charge in [0.05, 0.1) is 11.7 Å². The van der Waals surface area contributed by atoms with Crippen LogP contribution in [0.15, 0.2) is 17.6 Å². The van der Waals surface area contributed by atoms with Gasteiger partial charge in [-0.1, -0.05) is 0 Å². The van der Waals surface area contributed by atoms with Gasteiger partial charge in [0, 0.05) is 0 Å². The summed E-state index contributed by atoms with van der Waals surface area (Å²) in [5.41, 5.74) is 0.301. The largest absolute Gasteiger partial charge is 0.444 e. The molecule has 17 heavy (non-hydrogen) atoms. The van der Waals surface area contributed by atoms with Crippen LogP contribution in [0.3, 0.4) is 0 Å². The van der Waals surface area contributed by atoms with Gasteiger partial charge in [-0.05, 0) is 32.2 Å². The maximum absolute atomic E-state index is 11.5. The molecule has 0 aliphatic rings. The van der Waals surface area contributed by atoms with Gasteiger partial charge in [-0.15, -0.1) is 11.3 Å². The van der Waals surface area contributed by atoms with Crippen LogP contribution in [-0.4, -0.2) is 21.7 Å². The smallest absolute Gasteiger partial charge is 0.413 e. The number of aromatic nitrogens is 2. The van der Waals surface area contributed by atoms with Crippen molar-refractivity contribution >= 4 is 33.6 Å². The summed E-state index contributed by atoms with van der Waals surface area (Å²) in [7, 11) is 0. The van der Waals surface area contributed by atoms with Crippen LogP contribution in [0.25, 0.3) is 10.3 Å². The van der Waals surface area contributed by atoms with Crippen LogP contribution < -0.4 is 5.32 Å². The number of hydrogen-bond acceptors (Lipinski definition) is 5. The number of rotatable bonds is 1. The highest BCUT2D eigenvalue weighted by Gasteiger charge is 2.16. The minimum absolute atomic E-state index is 0.397. The number of carbonyl (C=O) groups excluding carboxylic acids is 1. The minimum Gasteiger partial charge on any atom is -0.444 e. The lowest BCUT2D eigenvalue weighted by atomic mass is 10.2. The zero-order valence-electron chi connectivity index (χ0n) is 9.85. The molecular weight excluding hydrogens is 238 g/mol. The molecule has 0 atom stereocenters. The average molecular weight is 251 g/mol. The molecule has 0 aromatic carbocycles. The van der Waals surface area contributed by atoms with Crippen molar-refractivity contribution in [2.75, 3.05) is 5.32 Å². The number of hydrogen-bond donors (Lipinski definition) is 1. The van der Waals surface area contributed by atoms with Gasteiger partial charge >= 0.3 is 6.09 Å². The third kappa shape index (κ3) is 3.13. The van der Waals surface area contributed by atoms with E-state index < -0.39 is 11.7 Å². The third-order valence-electron chi connectivity index (χ3n) is 1.80. The first kappa shape index (κ1) is 11.8. The van der Waals surface area contributed by atoms with E-state index in [1.54, 1.807) is 20.8 Å². The lowest BCUT2D eigenvalue weighted by Gasteiger charge is -2.19. The van der Waals surface area contributed by atoms with Gasteiger partial charge in [-0.3, -0.25) is 5.32 Å². The molecule has 0 aliphatic carbocycles.